The van der Waals surface area contributed by atoms with Crippen molar-refractivity contribution in [3.05, 3.63) is 58.6 Å². The molecule has 0 aliphatic rings. The van der Waals surface area contributed by atoms with E-state index < -0.39 is 27.5 Å². The Morgan fingerprint density at radius 1 is 1.18 bits per heavy atom. The van der Waals surface area contributed by atoms with E-state index in [-0.39, 0.29) is 10.6 Å². The molecule has 2 heterocycles. The summed E-state index contributed by atoms with van der Waals surface area (Å²) in [5, 5.41) is 3.46. The summed E-state index contributed by atoms with van der Waals surface area (Å²) >= 11 is 0.974. The molecule has 28 heavy (non-hydrogen) atoms. The minimum atomic E-state index is -4.55. The number of amides is 1. The second-order valence-electron chi connectivity index (χ2n) is 6.21. The Balaban J connectivity index is 1.92. The van der Waals surface area contributed by atoms with Gasteiger partial charge in [-0.2, -0.15) is 22.6 Å². The van der Waals surface area contributed by atoms with Crippen molar-refractivity contribution in [2.24, 2.45) is 11.4 Å². The van der Waals surface area contributed by atoms with E-state index in [1.165, 1.54) is 25.4 Å². The van der Waals surface area contributed by atoms with E-state index in [2.05, 4.69) is 9.46 Å². The number of hydrogen-bond donors (Lipinski definition) is 0. The summed E-state index contributed by atoms with van der Waals surface area (Å²) in [6.45, 7) is 1.89. The van der Waals surface area contributed by atoms with E-state index in [0.29, 0.717) is 9.77 Å². The first kappa shape index (κ1) is 20.3. The van der Waals surface area contributed by atoms with Gasteiger partial charge in [0.2, 0.25) is 0 Å². The molecule has 0 aliphatic heterocycles. The number of benzene rings is 1. The highest BCUT2D eigenvalue weighted by Crippen LogP contribution is 2.34. The van der Waals surface area contributed by atoms with Crippen LogP contribution in [0.25, 0.3) is 10.6 Å². The third-order valence-corrected chi connectivity index (χ3v) is 6.71. The largest absolute Gasteiger partial charge is 0.435 e. The van der Waals surface area contributed by atoms with Crippen molar-refractivity contribution >= 4 is 27.0 Å². The molecule has 0 saturated carbocycles. The first-order valence-electron chi connectivity index (χ1n) is 8.02. The van der Waals surface area contributed by atoms with Crippen LogP contribution in [0.4, 0.5) is 13.2 Å². The van der Waals surface area contributed by atoms with Gasteiger partial charge in [0, 0.05) is 18.2 Å². The van der Waals surface area contributed by atoms with Crippen LogP contribution in [0.2, 0.25) is 0 Å². The number of nitrogens with zero attached hydrogens (tertiary/aromatic N) is 3. The molecule has 1 amide bonds. The van der Waals surface area contributed by atoms with Gasteiger partial charge in [-0.05, 0) is 37.3 Å². The fraction of sp³-hybridized carbons (Fsp3) is 0.222. The van der Waals surface area contributed by atoms with Gasteiger partial charge < -0.3 is 0 Å². The number of hydrogen-bond acceptors (Lipinski definition) is 4. The number of halogens is 3. The second-order valence-corrected chi connectivity index (χ2v) is 9.55. The van der Waals surface area contributed by atoms with Crippen molar-refractivity contribution in [1.29, 1.82) is 0 Å². The van der Waals surface area contributed by atoms with Crippen molar-refractivity contribution < 1.29 is 22.2 Å². The maximum Gasteiger partial charge on any atom is 0.435 e. The molecule has 10 heteroatoms. The average Bonchev–Trinajstić information content (AvgIpc) is 3.21. The van der Waals surface area contributed by atoms with Crippen LogP contribution in [-0.2, 0) is 23.0 Å². The molecule has 1 unspecified atom stereocenters. The van der Waals surface area contributed by atoms with E-state index in [4.69, 9.17) is 0 Å². The van der Waals surface area contributed by atoms with Gasteiger partial charge in [-0.15, -0.1) is 11.3 Å². The zero-order valence-corrected chi connectivity index (χ0v) is 16.8. The van der Waals surface area contributed by atoms with Crippen LogP contribution in [0.3, 0.4) is 0 Å². The number of thiophene rings is 1. The van der Waals surface area contributed by atoms with Gasteiger partial charge in [0.25, 0.3) is 5.91 Å². The van der Waals surface area contributed by atoms with E-state index >= 15 is 0 Å². The quantitative estimate of drug-likeness (QED) is 0.605. The van der Waals surface area contributed by atoms with Gasteiger partial charge >= 0.3 is 6.18 Å². The first-order chi connectivity index (χ1) is 13.0. The summed E-state index contributed by atoms with van der Waals surface area (Å²) < 4.78 is 56.2. The summed E-state index contributed by atoms with van der Waals surface area (Å²) in [4.78, 5) is 13.5. The summed E-state index contributed by atoms with van der Waals surface area (Å²) in [5.41, 5.74) is 0.210. The topological polar surface area (TPSA) is 64.3 Å². The Bertz CT molecular complexity index is 1150. The predicted octanol–water partition coefficient (Wildman–Crippen LogP) is 4.77. The van der Waals surface area contributed by atoms with Crippen molar-refractivity contribution in [3.8, 4) is 10.6 Å². The molecule has 0 saturated heterocycles. The van der Waals surface area contributed by atoms with E-state index in [1.807, 2.05) is 6.92 Å². The monoisotopic (exact) mass is 427 g/mol. The fourth-order valence-corrected chi connectivity index (χ4v) is 4.63. The Kier molecular flexibility index (Phi) is 5.20. The number of alkyl halides is 3. The SMILES string of the molecule is Cc1ccc(S(C)(=O)=NC(=O)c2ccc(-c3cc(C(F)(F)F)nn3C)s2)cc1. The van der Waals surface area contributed by atoms with Crippen LogP contribution in [0.15, 0.2) is 51.7 Å². The van der Waals surface area contributed by atoms with Gasteiger partial charge in [-0.3, -0.25) is 9.48 Å². The van der Waals surface area contributed by atoms with Gasteiger partial charge in [0.15, 0.2) is 5.69 Å². The maximum absolute atomic E-state index is 12.8. The molecule has 3 rings (SSSR count). The molecule has 1 aromatic carbocycles. The van der Waals surface area contributed by atoms with Crippen molar-refractivity contribution in [2.45, 2.75) is 18.0 Å². The van der Waals surface area contributed by atoms with Crippen LogP contribution in [-0.4, -0.2) is 26.2 Å². The standard InChI is InChI=1S/C18H16F3N3O2S2/c1-11-4-6-12(7-5-11)28(3,26)23-17(25)15-9-8-14(27-15)13-10-16(18(19,20)21)22-24(13)2/h4-10H,1-3H3. The van der Waals surface area contributed by atoms with Crippen molar-refractivity contribution in [2.75, 3.05) is 6.26 Å². The average molecular weight is 427 g/mol. The van der Waals surface area contributed by atoms with Gasteiger partial charge in [0.1, 0.15) is 0 Å². The Morgan fingerprint density at radius 2 is 1.82 bits per heavy atom. The molecular formula is C18H16F3N3O2S2. The summed E-state index contributed by atoms with van der Waals surface area (Å²) in [5.74, 6) is -0.678. The third-order valence-electron chi connectivity index (χ3n) is 3.95. The smallest absolute Gasteiger partial charge is 0.267 e. The van der Waals surface area contributed by atoms with Crippen molar-refractivity contribution in [3.63, 3.8) is 0 Å². The summed E-state index contributed by atoms with van der Waals surface area (Å²) in [7, 11) is -1.54. The summed E-state index contributed by atoms with van der Waals surface area (Å²) in [6, 6.07) is 10.8. The van der Waals surface area contributed by atoms with Crippen LogP contribution >= 0.6 is 11.3 Å². The molecule has 3 aromatic rings. The highest BCUT2D eigenvalue weighted by atomic mass is 32.2. The predicted molar refractivity (Wildman–Crippen MR) is 102 cm³/mol. The molecule has 0 spiro atoms. The van der Waals surface area contributed by atoms with E-state index in [0.717, 1.165) is 27.6 Å². The van der Waals surface area contributed by atoms with Crippen molar-refractivity contribution in [1.82, 2.24) is 9.78 Å². The number of aryl methyl sites for hydroxylation is 2. The minimum Gasteiger partial charge on any atom is -0.267 e. The second kappa shape index (κ2) is 7.17. The Hall–Kier alpha value is -2.46. The summed E-state index contributed by atoms with van der Waals surface area (Å²) in [6.07, 6.45) is -3.18. The molecule has 2 aromatic heterocycles. The first-order valence-corrected chi connectivity index (χ1v) is 10.8. The van der Waals surface area contributed by atoms with Gasteiger partial charge in [-0.25, -0.2) is 4.21 Å². The molecule has 148 valence electrons. The Labute approximate surface area is 164 Å². The van der Waals surface area contributed by atoms with E-state index in [9.17, 15) is 22.2 Å². The van der Waals surface area contributed by atoms with Crippen LogP contribution in [0, 0.1) is 6.92 Å². The fourth-order valence-electron chi connectivity index (χ4n) is 2.47. The van der Waals surface area contributed by atoms with Crippen LogP contribution in [0.1, 0.15) is 20.9 Å². The van der Waals surface area contributed by atoms with E-state index in [1.54, 1.807) is 24.3 Å². The van der Waals surface area contributed by atoms with Crippen LogP contribution in [0.5, 0.6) is 0 Å². The lowest BCUT2D eigenvalue weighted by atomic mass is 10.2. The molecule has 0 radical (unpaired) electrons. The highest BCUT2D eigenvalue weighted by Gasteiger charge is 2.34. The normalized spacial score (nSPS) is 13.9. The molecule has 0 bridgehead atoms. The third kappa shape index (κ3) is 4.17. The molecule has 0 aliphatic carbocycles. The van der Waals surface area contributed by atoms with Gasteiger partial charge in [-0.1, -0.05) is 17.7 Å². The molecule has 5 nitrogen and oxygen atoms in total. The maximum atomic E-state index is 12.8. The lowest BCUT2D eigenvalue weighted by Gasteiger charge is -2.03. The molecule has 0 fully saturated rings. The lowest BCUT2D eigenvalue weighted by Crippen LogP contribution is -2.06. The Morgan fingerprint density at radius 3 is 2.39 bits per heavy atom. The number of aromatic nitrogens is 2. The minimum absolute atomic E-state index is 0.187. The number of carbonyl (C=O) groups excluding carboxylic acids is 1. The number of rotatable bonds is 3. The zero-order chi connectivity index (χ0) is 20.7. The molecule has 1 atom stereocenters. The lowest BCUT2D eigenvalue weighted by molar-refractivity contribution is -0.141. The van der Waals surface area contributed by atoms with Crippen LogP contribution < -0.4 is 0 Å². The zero-order valence-electron chi connectivity index (χ0n) is 15.1. The molecular weight excluding hydrogens is 411 g/mol. The molecule has 0 N–H and O–H groups in total. The van der Waals surface area contributed by atoms with Gasteiger partial charge in [0.05, 0.1) is 25.2 Å². The highest BCUT2D eigenvalue weighted by molar-refractivity contribution is 7.93. The number of carbonyl (C=O) groups is 1.